The van der Waals surface area contributed by atoms with E-state index in [-0.39, 0.29) is 0 Å². The monoisotopic (exact) mass is 278 g/mol. The zero-order valence-electron chi connectivity index (χ0n) is 12.8. The number of hydrogen-bond acceptors (Lipinski definition) is 3. The zero-order valence-corrected chi connectivity index (χ0v) is 12.8. The minimum absolute atomic E-state index is 0.730. The maximum Gasteiger partial charge on any atom is 0.122 e. The van der Waals surface area contributed by atoms with Gasteiger partial charge in [0.05, 0.1) is 19.8 Å². The highest BCUT2D eigenvalue weighted by molar-refractivity contribution is 5.41. The molecule has 3 nitrogen and oxygen atoms in total. The number of hydrogen-bond donors (Lipinski definition) is 1. The SMILES string of the molecule is CCCC1CCC(O)(c2cc(OC)cc(OC)c2)CC1. The third kappa shape index (κ3) is 3.26. The Kier molecular flexibility index (Phi) is 4.92. The van der Waals surface area contributed by atoms with Gasteiger partial charge in [0.1, 0.15) is 11.5 Å². The van der Waals surface area contributed by atoms with Gasteiger partial charge in [-0.05, 0) is 49.3 Å². The number of ether oxygens (including phenoxy) is 2. The van der Waals surface area contributed by atoms with Crippen LogP contribution in [0.4, 0.5) is 0 Å². The quantitative estimate of drug-likeness (QED) is 0.888. The summed E-state index contributed by atoms with van der Waals surface area (Å²) < 4.78 is 10.6. The summed E-state index contributed by atoms with van der Waals surface area (Å²) in [5.41, 5.74) is 0.190. The third-order valence-corrected chi connectivity index (χ3v) is 4.52. The molecule has 0 saturated heterocycles. The van der Waals surface area contributed by atoms with E-state index in [0.717, 1.165) is 48.7 Å². The molecule has 0 aliphatic heterocycles. The Bertz CT molecular complexity index is 412. The molecule has 0 amide bonds. The van der Waals surface area contributed by atoms with Crippen molar-refractivity contribution in [1.82, 2.24) is 0 Å². The van der Waals surface area contributed by atoms with Crippen LogP contribution in [0, 0.1) is 5.92 Å². The molecule has 0 aromatic heterocycles. The van der Waals surface area contributed by atoms with E-state index in [2.05, 4.69) is 6.92 Å². The normalized spacial score (nSPS) is 26.3. The Morgan fingerprint density at radius 3 is 2.10 bits per heavy atom. The fourth-order valence-electron chi connectivity index (χ4n) is 3.22. The van der Waals surface area contributed by atoms with Crippen LogP contribution in [0.3, 0.4) is 0 Å². The number of aliphatic hydroxyl groups is 1. The molecular formula is C17H26O3. The number of rotatable bonds is 5. The summed E-state index contributed by atoms with van der Waals surface area (Å²) in [4.78, 5) is 0. The van der Waals surface area contributed by atoms with Gasteiger partial charge in [-0.2, -0.15) is 0 Å². The minimum Gasteiger partial charge on any atom is -0.497 e. The van der Waals surface area contributed by atoms with Crippen LogP contribution >= 0.6 is 0 Å². The van der Waals surface area contributed by atoms with Gasteiger partial charge in [-0.25, -0.2) is 0 Å². The Morgan fingerprint density at radius 2 is 1.65 bits per heavy atom. The van der Waals surface area contributed by atoms with E-state index in [0.29, 0.717) is 0 Å². The van der Waals surface area contributed by atoms with Gasteiger partial charge < -0.3 is 14.6 Å². The van der Waals surface area contributed by atoms with Crippen molar-refractivity contribution in [3.8, 4) is 11.5 Å². The second-order valence-electron chi connectivity index (χ2n) is 5.86. The van der Waals surface area contributed by atoms with Crippen molar-refractivity contribution in [3.05, 3.63) is 23.8 Å². The van der Waals surface area contributed by atoms with Gasteiger partial charge in [-0.3, -0.25) is 0 Å². The van der Waals surface area contributed by atoms with Crippen LogP contribution in [0.15, 0.2) is 18.2 Å². The van der Waals surface area contributed by atoms with Crippen molar-refractivity contribution in [2.24, 2.45) is 5.92 Å². The van der Waals surface area contributed by atoms with Crippen molar-refractivity contribution < 1.29 is 14.6 Å². The second kappa shape index (κ2) is 6.49. The molecular weight excluding hydrogens is 252 g/mol. The molecule has 20 heavy (non-hydrogen) atoms. The van der Waals surface area contributed by atoms with Crippen LogP contribution in [0.25, 0.3) is 0 Å². The molecule has 0 unspecified atom stereocenters. The summed E-state index contributed by atoms with van der Waals surface area (Å²) >= 11 is 0. The molecule has 1 aromatic carbocycles. The second-order valence-corrected chi connectivity index (χ2v) is 5.86. The van der Waals surface area contributed by atoms with Gasteiger partial charge >= 0.3 is 0 Å². The minimum atomic E-state index is -0.730. The molecule has 0 heterocycles. The highest BCUT2D eigenvalue weighted by atomic mass is 16.5. The zero-order chi connectivity index (χ0) is 14.6. The molecule has 0 atom stereocenters. The summed E-state index contributed by atoms with van der Waals surface area (Å²) in [7, 11) is 3.28. The van der Waals surface area contributed by atoms with Gasteiger partial charge in [-0.15, -0.1) is 0 Å². The average molecular weight is 278 g/mol. The van der Waals surface area contributed by atoms with E-state index in [1.54, 1.807) is 14.2 Å². The van der Waals surface area contributed by atoms with E-state index in [1.165, 1.54) is 12.8 Å². The van der Waals surface area contributed by atoms with Crippen LogP contribution in [0.5, 0.6) is 11.5 Å². The summed E-state index contributed by atoms with van der Waals surface area (Å²) in [5.74, 6) is 2.25. The standard InChI is InChI=1S/C17H26O3/c1-4-5-13-6-8-17(18,9-7-13)14-10-15(19-2)12-16(11-14)20-3/h10-13,18H,4-9H2,1-3H3. The Labute approximate surface area is 121 Å². The predicted octanol–water partition coefficient (Wildman–Crippen LogP) is 3.88. The summed E-state index contributed by atoms with van der Waals surface area (Å²) in [5, 5.41) is 11.0. The maximum atomic E-state index is 11.0. The lowest BCUT2D eigenvalue weighted by Crippen LogP contribution is -2.31. The molecule has 1 aliphatic carbocycles. The first-order chi connectivity index (χ1) is 9.61. The molecule has 1 N–H and O–H groups in total. The molecule has 0 radical (unpaired) electrons. The van der Waals surface area contributed by atoms with Crippen LogP contribution in [-0.2, 0) is 5.60 Å². The third-order valence-electron chi connectivity index (χ3n) is 4.52. The fraction of sp³-hybridized carbons (Fsp3) is 0.647. The first-order valence-corrected chi connectivity index (χ1v) is 7.57. The highest BCUT2D eigenvalue weighted by Gasteiger charge is 2.35. The topological polar surface area (TPSA) is 38.7 Å². The van der Waals surface area contributed by atoms with Crippen LogP contribution in [0.1, 0.15) is 51.0 Å². The van der Waals surface area contributed by atoms with Gasteiger partial charge in [0, 0.05) is 6.07 Å². The van der Waals surface area contributed by atoms with E-state index >= 15 is 0 Å². The summed E-state index contributed by atoms with van der Waals surface area (Å²) in [6.45, 7) is 2.23. The molecule has 1 aliphatic rings. The van der Waals surface area contributed by atoms with E-state index in [4.69, 9.17) is 9.47 Å². The molecule has 1 fully saturated rings. The molecule has 3 heteroatoms. The van der Waals surface area contributed by atoms with Crippen molar-refractivity contribution in [3.63, 3.8) is 0 Å². The van der Waals surface area contributed by atoms with Crippen molar-refractivity contribution in [2.75, 3.05) is 14.2 Å². The Balaban J connectivity index is 2.18. The first kappa shape index (κ1) is 15.2. The van der Waals surface area contributed by atoms with Crippen molar-refractivity contribution in [1.29, 1.82) is 0 Å². The smallest absolute Gasteiger partial charge is 0.122 e. The summed E-state index contributed by atoms with van der Waals surface area (Å²) in [6, 6.07) is 5.71. The molecule has 1 aromatic rings. The van der Waals surface area contributed by atoms with Gasteiger partial charge in [-0.1, -0.05) is 19.8 Å². The number of methoxy groups -OCH3 is 2. The molecule has 112 valence electrons. The molecule has 0 bridgehead atoms. The Morgan fingerprint density at radius 1 is 1.10 bits per heavy atom. The lowest BCUT2D eigenvalue weighted by atomic mass is 9.74. The van der Waals surface area contributed by atoms with Crippen LogP contribution < -0.4 is 9.47 Å². The number of benzene rings is 1. The van der Waals surface area contributed by atoms with Gasteiger partial charge in [0.15, 0.2) is 0 Å². The molecule has 0 spiro atoms. The van der Waals surface area contributed by atoms with Crippen LogP contribution in [0.2, 0.25) is 0 Å². The van der Waals surface area contributed by atoms with Gasteiger partial charge in [0.25, 0.3) is 0 Å². The Hall–Kier alpha value is -1.22. The highest BCUT2D eigenvalue weighted by Crippen LogP contribution is 2.42. The largest absolute Gasteiger partial charge is 0.497 e. The van der Waals surface area contributed by atoms with Gasteiger partial charge in [0.2, 0.25) is 0 Å². The van der Waals surface area contributed by atoms with E-state index < -0.39 is 5.60 Å². The van der Waals surface area contributed by atoms with Crippen molar-refractivity contribution >= 4 is 0 Å². The fourth-order valence-corrected chi connectivity index (χ4v) is 3.22. The van der Waals surface area contributed by atoms with E-state index in [1.807, 2.05) is 18.2 Å². The molecule has 2 rings (SSSR count). The van der Waals surface area contributed by atoms with Crippen LogP contribution in [-0.4, -0.2) is 19.3 Å². The first-order valence-electron chi connectivity index (χ1n) is 7.57. The lowest BCUT2D eigenvalue weighted by molar-refractivity contribution is -0.0155. The lowest BCUT2D eigenvalue weighted by Gasteiger charge is -2.36. The molecule has 1 saturated carbocycles. The maximum absolute atomic E-state index is 11.0. The average Bonchev–Trinajstić information content (AvgIpc) is 2.49. The summed E-state index contributed by atoms with van der Waals surface area (Å²) in [6.07, 6.45) is 6.36. The van der Waals surface area contributed by atoms with Crippen molar-refractivity contribution in [2.45, 2.75) is 51.0 Å². The van der Waals surface area contributed by atoms with E-state index in [9.17, 15) is 5.11 Å². The predicted molar refractivity (Wildman–Crippen MR) is 80.3 cm³/mol.